The predicted molar refractivity (Wildman–Crippen MR) is 130 cm³/mol. The maximum Gasteiger partial charge on any atom is 0.234 e. The molecular weight excluding hydrogens is 544 g/mol. The Labute approximate surface area is 200 Å². The van der Waals surface area contributed by atoms with Crippen molar-refractivity contribution in [1.82, 2.24) is 14.8 Å². The number of carbonyl (C=O) groups excluding carboxylic acids is 1. The fourth-order valence-electron chi connectivity index (χ4n) is 2.97. The van der Waals surface area contributed by atoms with Crippen molar-refractivity contribution in [3.63, 3.8) is 0 Å². The van der Waals surface area contributed by atoms with E-state index >= 15 is 0 Å². The number of hydrogen-bond acceptors (Lipinski definition) is 5. The van der Waals surface area contributed by atoms with Crippen molar-refractivity contribution in [2.75, 3.05) is 11.1 Å². The molecule has 1 heterocycles. The molecule has 31 heavy (non-hydrogen) atoms. The molecule has 4 aromatic rings. The third kappa shape index (κ3) is 5.28. The number of hydrogen-bond donors (Lipinski definition) is 1. The maximum atomic E-state index is 12.4. The molecule has 0 saturated carbocycles. The Morgan fingerprint density at radius 2 is 1.90 bits per heavy atom. The quantitative estimate of drug-likeness (QED) is 0.289. The molecule has 1 aromatic heterocycles. The standard InChI is InChI=1S/C22H18Br2N4O2S/c1-28-20(12-30-19-8-4-6-14-5-2-3-7-16(14)19)26-27-22(28)31-13-21(29)25-18-11-15(23)9-10-17(18)24/h2-11H,12-13H2,1H3,(H,25,29). The second-order valence-electron chi connectivity index (χ2n) is 6.68. The van der Waals surface area contributed by atoms with Crippen molar-refractivity contribution in [1.29, 1.82) is 0 Å². The van der Waals surface area contributed by atoms with Gasteiger partial charge in [0.2, 0.25) is 5.91 Å². The Morgan fingerprint density at radius 3 is 2.77 bits per heavy atom. The van der Waals surface area contributed by atoms with Gasteiger partial charge in [0.1, 0.15) is 12.4 Å². The van der Waals surface area contributed by atoms with Crippen molar-refractivity contribution in [3.8, 4) is 5.75 Å². The number of ether oxygens (including phenoxy) is 1. The van der Waals surface area contributed by atoms with Crippen molar-refractivity contribution >= 4 is 66.0 Å². The number of nitrogens with zero attached hydrogens (tertiary/aromatic N) is 3. The van der Waals surface area contributed by atoms with Crippen LogP contribution in [0.5, 0.6) is 5.75 Å². The number of thioether (sulfide) groups is 1. The molecule has 158 valence electrons. The maximum absolute atomic E-state index is 12.4. The van der Waals surface area contributed by atoms with Gasteiger partial charge in [0, 0.05) is 21.4 Å². The van der Waals surface area contributed by atoms with Gasteiger partial charge in [-0.25, -0.2) is 0 Å². The molecule has 9 heteroatoms. The summed E-state index contributed by atoms with van der Waals surface area (Å²) in [5, 5.41) is 14.1. The number of rotatable bonds is 7. The van der Waals surface area contributed by atoms with E-state index < -0.39 is 0 Å². The van der Waals surface area contributed by atoms with E-state index in [1.807, 2.05) is 60.1 Å². The first kappa shape index (κ1) is 21.9. The molecule has 0 saturated heterocycles. The second kappa shape index (κ2) is 9.84. The minimum absolute atomic E-state index is 0.125. The van der Waals surface area contributed by atoms with Crippen LogP contribution in [0.2, 0.25) is 0 Å². The van der Waals surface area contributed by atoms with Gasteiger partial charge in [-0.1, -0.05) is 64.1 Å². The summed E-state index contributed by atoms with van der Waals surface area (Å²) >= 11 is 8.17. The van der Waals surface area contributed by atoms with E-state index in [0.29, 0.717) is 16.7 Å². The Morgan fingerprint density at radius 1 is 1.10 bits per heavy atom. The van der Waals surface area contributed by atoms with Crippen molar-refractivity contribution in [2.24, 2.45) is 7.05 Å². The minimum Gasteiger partial charge on any atom is -0.485 e. The summed E-state index contributed by atoms with van der Waals surface area (Å²) in [7, 11) is 1.87. The largest absolute Gasteiger partial charge is 0.485 e. The molecular formula is C22H18Br2N4O2S. The first-order valence-corrected chi connectivity index (χ1v) is 11.9. The van der Waals surface area contributed by atoms with Crippen LogP contribution in [0.4, 0.5) is 5.69 Å². The summed E-state index contributed by atoms with van der Waals surface area (Å²) in [5.74, 6) is 1.58. The summed E-state index contributed by atoms with van der Waals surface area (Å²) in [5.41, 5.74) is 0.710. The highest BCUT2D eigenvalue weighted by Gasteiger charge is 2.13. The molecule has 1 N–H and O–H groups in total. The van der Waals surface area contributed by atoms with Crippen LogP contribution in [0.15, 0.2) is 74.8 Å². The highest BCUT2D eigenvalue weighted by molar-refractivity contribution is 9.11. The van der Waals surface area contributed by atoms with Crippen LogP contribution in [0.3, 0.4) is 0 Å². The normalized spacial score (nSPS) is 10.9. The second-order valence-corrected chi connectivity index (χ2v) is 9.40. The molecule has 0 atom stereocenters. The van der Waals surface area contributed by atoms with Crippen molar-refractivity contribution in [2.45, 2.75) is 11.8 Å². The Bertz CT molecular complexity index is 1240. The van der Waals surface area contributed by atoms with Gasteiger partial charge in [0.25, 0.3) is 0 Å². The van der Waals surface area contributed by atoms with Gasteiger partial charge in [-0.2, -0.15) is 0 Å². The Kier molecular flexibility index (Phi) is 6.94. The van der Waals surface area contributed by atoms with Crippen LogP contribution in [0.1, 0.15) is 5.82 Å². The topological polar surface area (TPSA) is 69.0 Å². The zero-order valence-corrected chi connectivity index (χ0v) is 20.5. The summed E-state index contributed by atoms with van der Waals surface area (Å²) < 4.78 is 9.56. The molecule has 0 radical (unpaired) electrons. The first-order valence-electron chi connectivity index (χ1n) is 9.38. The van der Waals surface area contributed by atoms with Gasteiger partial charge in [-0.3, -0.25) is 4.79 Å². The molecule has 1 amide bonds. The molecule has 0 fully saturated rings. The highest BCUT2D eigenvalue weighted by Crippen LogP contribution is 2.27. The average molecular weight is 562 g/mol. The molecule has 6 nitrogen and oxygen atoms in total. The van der Waals surface area contributed by atoms with Crippen molar-refractivity contribution in [3.05, 3.63) is 75.4 Å². The SMILES string of the molecule is Cn1c(COc2cccc3ccccc23)nnc1SCC(=O)Nc1cc(Br)ccc1Br. The van der Waals surface area contributed by atoms with E-state index in [4.69, 9.17) is 4.74 Å². The van der Waals surface area contributed by atoms with Crippen LogP contribution in [0, 0.1) is 0 Å². The van der Waals surface area contributed by atoms with E-state index in [9.17, 15) is 4.79 Å². The van der Waals surface area contributed by atoms with Crippen LogP contribution >= 0.6 is 43.6 Å². The van der Waals surface area contributed by atoms with Gasteiger partial charge in [-0.15, -0.1) is 10.2 Å². The minimum atomic E-state index is -0.125. The molecule has 0 aliphatic carbocycles. The predicted octanol–water partition coefficient (Wildman–Crippen LogP) is 5.80. The van der Waals surface area contributed by atoms with Crippen LogP contribution < -0.4 is 10.1 Å². The summed E-state index contributed by atoms with van der Waals surface area (Å²) in [6.45, 7) is 0.287. The molecule has 4 rings (SSSR count). The van der Waals surface area contributed by atoms with Gasteiger partial charge in [0.05, 0.1) is 11.4 Å². The van der Waals surface area contributed by atoms with Gasteiger partial charge in [-0.05, 0) is 45.6 Å². The van der Waals surface area contributed by atoms with Crippen LogP contribution in [0.25, 0.3) is 10.8 Å². The molecule has 0 spiro atoms. The zero-order chi connectivity index (χ0) is 21.8. The van der Waals surface area contributed by atoms with Crippen LogP contribution in [-0.2, 0) is 18.4 Å². The van der Waals surface area contributed by atoms with Crippen LogP contribution in [-0.4, -0.2) is 26.4 Å². The highest BCUT2D eigenvalue weighted by atomic mass is 79.9. The molecule has 0 unspecified atom stereocenters. The average Bonchev–Trinajstić information content (AvgIpc) is 3.12. The molecule has 0 aliphatic rings. The van der Waals surface area contributed by atoms with Gasteiger partial charge < -0.3 is 14.6 Å². The Balaban J connectivity index is 1.37. The van der Waals surface area contributed by atoms with E-state index in [-0.39, 0.29) is 18.3 Å². The van der Waals surface area contributed by atoms with E-state index in [2.05, 4.69) is 59.5 Å². The zero-order valence-electron chi connectivity index (χ0n) is 16.5. The number of carbonyl (C=O) groups is 1. The first-order chi connectivity index (χ1) is 15.0. The fraction of sp³-hybridized carbons (Fsp3) is 0.136. The lowest BCUT2D eigenvalue weighted by Crippen LogP contribution is -2.15. The summed E-state index contributed by atoms with van der Waals surface area (Å²) in [6.07, 6.45) is 0. The van der Waals surface area contributed by atoms with Gasteiger partial charge >= 0.3 is 0 Å². The smallest absolute Gasteiger partial charge is 0.234 e. The number of benzene rings is 3. The lowest BCUT2D eigenvalue weighted by atomic mass is 10.1. The number of amides is 1. The van der Waals surface area contributed by atoms with E-state index in [1.54, 1.807) is 0 Å². The number of aromatic nitrogens is 3. The number of fused-ring (bicyclic) bond motifs is 1. The van der Waals surface area contributed by atoms with Gasteiger partial charge in [0.15, 0.2) is 11.0 Å². The third-order valence-corrected chi connectivity index (χ3v) is 6.77. The number of halogens is 2. The molecule has 0 bridgehead atoms. The summed E-state index contributed by atoms with van der Waals surface area (Å²) in [6, 6.07) is 19.7. The summed E-state index contributed by atoms with van der Waals surface area (Å²) in [4.78, 5) is 12.4. The fourth-order valence-corrected chi connectivity index (χ4v) is 4.41. The lowest BCUT2D eigenvalue weighted by Gasteiger charge is -2.09. The number of anilines is 1. The monoisotopic (exact) mass is 560 g/mol. The van der Waals surface area contributed by atoms with E-state index in [1.165, 1.54) is 11.8 Å². The lowest BCUT2D eigenvalue weighted by molar-refractivity contribution is -0.113. The molecule has 0 aliphatic heterocycles. The molecule has 3 aromatic carbocycles. The van der Waals surface area contributed by atoms with Crippen molar-refractivity contribution < 1.29 is 9.53 Å². The Hall–Kier alpha value is -2.36. The van der Waals surface area contributed by atoms with E-state index in [0.717, 1.165) is 25.5 Å². The number of nitrogens with one attached hydrogen (secondary N) is 1. The third-order valence-electron chi connectivity index (χ3n) is 4.57.